The molecule has 12 heteroatoms. The SMILES string of the molecule is CCOc1cc(C(C)(C)C)ncc1C1=N[C@@](C)(C2C=CC(Cl)=CC2)[C@@](C)(c2ccc(Cl)cc2)N1C(=O)N1CCC(NS(C)(=O)=O)CC1. The van der Waals surface area contributed by atoms with Crippen LogP contribution in [0.15, 0.2) is 64.8 Å². The summed E-state index contributed by atoms with van der Waals surface area (Å²) in [6, 6.07) is 9.08. The summed E-state index contributed by atoms with van der Waals surface area (Å²) in [5.74, 6) is 0.960. The zero-order valence-corrected chi connectivity index (χ0v) is 30.5. The number of hydrogen-bond acceptors (Lipinski definition) is 6. The maximum Gasteiger partial charge on any atom is 0.326 e. The van der Waals surface area contributed by atoms with Crippen LogP contribution in [0.4, 0.5) is 4.79 Å². The molecule has 47 heavy (non-hydrogen) atoms. The van der Waals surface area contributed by atoms with E-state index < -0.39 is 21.1 Å². The average molecular weight is 703 g/mol. The molecule has 1 saturated heterocycles. The first-order valence-electron chi connectivity index (χ1n) is 16.1. The van der Waals surface area contributed by atoms with Crippen molar-refractivity contribution in [2.45, 2.75) is 83.3 Å². The lowest BCUT2D eigenvalue weighted by Gasteiger charge is -2.49. The molecule has 1 aliphatic carbocycles. The lowest BCUT2D eigenvalue weighted by atomic mass is 9.66. The Morgan fingerprint density at radius 2 is 1.79 bits per heavy atom. The summed E-state index contributed by atoms with van der Waals surface area (Å²) in [6.45, 7) is 13.6. The molecular weight excluding hydrogens is 657 g/mol. The number of aromatic nitrogens is 1. The standard InChI is InChI=1S/C35H45Cl2N5O4S/c1-8-46-29-21-30(33(2,3)4)38-22-28(29)31-39-34(5,23-9-13-25(36)14-10-23)35(6,24-11-15-26(37)16-12-24)42(31)32(43)41-19-17-27(18-20-41)40-47(7,44)45/h9,11-16,21-23,27,40H,8,10,17-20H2,1-7H3/t23?,34-,35+/m0/s1. The topological polar surface area (TPSA) is 104 Å². The van der Waals surface area contributed by atoms with Gasteiger partial charge in [0.1, 0.15) is 11.6 Å². The highest BCUT2D eigenvalue weighted by molar-refractivity contribution is 7.88. The molecule has 3 atom stereocenters. The van der Waals surface area contributed by atoms with E-state index in [9.17, 15) is 8.42 Å². The predicted octanol–water partition coefficient (Wildman–Crippen LogP) is 7.00. The van der Waals surface area contributed by atoms with Gasteiger partial charge in [-0.05, 0) is 63.8 Å². The number of benzene rings is 1. The van der Waals surface area contributed by atoms with Crippen molar-refractivity contribution < 1.29 is 17.9 Å². The summed E-state index contributed by atoms with van der Waals surface area (Å²) in [5.41, 5.74) is 0.270. The van der Waals surface area contributed by atoms with Crippen LogP contribution in [-0.2, 0) is 21.0 Å². The molecule has 1 aromatic carbocycles. The second-order valence-electron chi connectivity index (χ2n) is 14.0. The third kappa shape index (κ3) is 6.98. The van der Waals surface area contributed by atoms with Crippen molar-refractivity contribution >= 4 is 45.1 Å². The van der Waals surface area contributed by atoms with Gasteiger partial charge < -0.3 is 9.64 Å². The zero-order valence-electron chi connectivity index (χ0n) is 28.2. The van der Waals surface area contributed by atoms with Crippen molar-refractivity contribution in [1.29, 1.82) is 0 Å². The van der Waals surface area contributed by atoms with Crippen LogP contribution in [0.5, 0.6) is 5.75 Å². The van der Waals surface area contributed by atoms with E-state index in [2.05, 4.69) is 45.4 Å². The maximum absolute atomic E-state index is 15.0. The lowest BCUT2D eigenvalue weighted by molar-refractivity contribution is 0.0849. The Morgan fingerprint density at radius 3 is 2.34 bits per heavy atom. The molecule has 1 unspecified atom stereocenters. The first-order chi connectivity index (χ1) is 22.0. The Kier molecular flexibility index (Phi) is 9.92. The number of likely N-dealkylation sites (tertiary alicyclic amines) is 1. The van der Waals surface area contributed by atoms with E-state index in [0.717, 1.165) is 17.5 Å². The molecule has 0 spiro atoms. The van der Waals surface area contributed by atoms with Crippen LogP contribution in [0, 0.1) is 5.92 Å². The number of hydrogen-bond donors (Lipinski definition) is 1. The number of ether oxygens (including phenoxy) is 1. The van der Waals surface area contributed by atoms with Gasteiger partial charge in [-0.3, -0.25) is 14.9 Å². The number of piperidine rings is 1. The number of nitrogens with one attached hydrogen (secondary N) is 1. The smallest absolute Gasteiger partial charge is 0.326 e. The third-order valence-corrected chi connectivity index (χ3v) is 11.0. The summed E-state index contributed by atoms with van der Waals surface area (Å²) >= 11 is 12.8. The molecule has 5 rings (SSSR count). The fourth-order valence-electron chi connectivity index (χ4n) is 6.85. The van der Waals surface area contributed by atoms with Gasteiger partial charge in [-0.2, -0.15) is 0 Å². The van der Waals surface area contributed by atoms with Crippen LogP contribution >= 0.6 is 23.2 Å². The minimum atomic E-state index is -3.37. The van der Waals surface area contributed by atoms with Crippen LogP contribution in [-0.4, -0.2) is 72.6 Å². The molecule has 3 aliphatic rings. The number of halogens is 2. The van der Waals surface area contributed by atoms with Crippen LogP contribution in [0.3, 0.4) is 0 Å². The van der Waals surface area contributed by atoms with E-state index in [0.29, 0.717) is 66.2 Å². The van der Waals surface area contributed by atoms with E-state index in [1.165, 1.54) is 0 Å². The number of carbonyl (C=O) groups is 1. The van der Waals surface area contributed by atoms with Crippen molar-refractivity contribution in [2.24, 2.45) is 10.9 Å². The first kappa shape index (κ1) is 35.4. The number of rotatable bonds is 7. The second kappa shape index (κ2) is 13.2. The fraction of sp³-hybridized carbons (Fsp3) is 0.514. The van der Waals surface area contributed by atoms with Gasteiger partial charge in [0.15, 0.2) is 0 Å². The van der Waals surface area contributed by atoms with Gasteiger partial charge in [-0.15, -0.1) is 0 Å². The number of amides is 2. The van der Waals surface area contributed by atoms with Gasteiger partial charge in [-0.1, -0.05) is 68.3 Å². The zero-order chi connectivity index (χ0) is 34.4. The van der Waals surface area contributed by atoms with Crippen molar-refractivity contribution in [1.82, 2.24) is 19.5 Å². The number of sulfonamides is 1. The van der Waals surface area contributed by atoms with Gasteiger partial charge in [0.25, 0.3) is 0 Å². The van der Waals surface area contributed by atoms with Crippen molar-refractivity contribution in [3.05, 3.63) is 81.6 Å². The lowest BCUT2D eigenvalue weighted by Crippen LogP contribution is -2.62. The van der Waals surface area contributed by atoms with Crippen molar-refractivity contribution in [2.75, 3.05) is 26.0 Å². The molecule has 1 N–H and O–H groups in total. The number of pyridine rings is 1. The summed E-state index contributed by atoms with van der Waals surface area (Å²) in [7, 11) is -3.37. The van der Waals surface area contributed by atoms with E-state index in [4.69, 9.17) is 37.9 Å². The number of amidine groups is 1. The van der Waals surface area contributed by atoms with E-state index in [-0.39, 0.29) is 23.4 Å². The summed E-state index contributed by atoms with van der Waals surface area (Å²) < 4.78 is 32.8. The number of carbonyl (C=O) groups excluding carboxylic acids is 1. The van der Waals surface area contributed by atoms with Gasteiger partial charge in [0.05, 0.1) is 29.5 Å². The number of urea groups is 1. The molecule has 0 bridgehead atoms. The second-order valence-corrected chi connectivity index (χ2v) is 16.6. The Hall–Kier alpha value is -2.92. The molecule has 2 aromatic rings. The minimum absolute atomic E-state index is 0.111. The first-order valence-corrected chi connectivity index (χ1v) is 18.7. The Morgan fingerprint density at radius 1 is 1.13 bits per heavy atom. The molecule has 254 valence electrons. The monoisotopic (exact) mass is 701 g/mol. The molecule has 9 nitrogen and oxygen atoms in total. The third-order valence-electron chi connectivity index (χ3n) is 9.68. The van der Waals surface area contributed by atoms with Crippen molar-refractivity contribution in [3.8, 4) is 5.75 Å². The van der Waals surface area contributed by atoms with Crippen molar-refractivity contribution in [3.63, 3.8) is 0 Å². The normalized spacial score (nSPS) is 25.5. The van der Waals surface area contributed by atoms with Crippen LogP contribution in [0.2, 0.25) is 5.02 Å². The summed E-state index contributed by atoms with van der Waals surface area (Å²) in [4.78, 5) is 29.0. The van der Waals surface area contributed by atoms with Gasteiger partial charge in [0, 0.05) is 58.5 Å². The van der Waals surface area contributed by atoms with Crippen LogP contribution in [0.1, 0.15) is 77.6 Å². The summed E-state index contributed by atoms with van der Waals surface area (Å²) in [6.07, 6.45) is 10.5. The number of nitrogens with zero attached hydrogens (tertiary/aromatic N) is 4. The highest BCUT2D eigenvalue weighted by Gasteiger charge is 2.62. The van der Waals surface area contributed by atoms with Gasteiger partial charge in [0.2, 0.25) is 10.0 Å². The largest absolute Gasteiger partial charge is 0.493 e. The molecule has 2 aliphatic heterocycles. The molecule has 1 aromatic heterocycles. The van der Waals surface area contributed by atoms with Crippen LogP contribution in [0.25, 0.3) is 0 Å². The highest BCUT2D eigenvalue weighted by atomic mass is 35.5. The van der Waals surface area contributed by atoms with E-state index in [1.807, 2.05) is 54.3 Å². The van der Waals surface area contributed by atoms with Gasteiger partial charge in [-0.25, -0.2) is 17.9 Å². The van der Waals surface area contributed by atoms with Crippen LogP contribution < -0.4 is 9.46 Å². The minimum Gasteiger partial charge on any atom is -0.493 e. The summed E-state index contributed by atoms with van der Waals surface area (Å²) in [5, 5.41) is 1.25. The van der Waals surface area contributed by atoms with E-state index >= 15 is 4.79 Å². The highest BCUT2D eigenvalue weighted by Crippen LogP contribution is 2.54. The molecule has 1 fully saturated rings. The quantitative estimate of drug-likeness (QED) is 0.335. The fourth-order valence-corrected chi connectivity index (χ4v) is 7.98. The Labute approximate surface area is 289 Å². The molecule has 0 saturated carbocycles. The number of allylic oxidation sites excluding steroid dienone is 3. The molecular formula is C35H45Cl2N5O4S. The Balaban J connectivity index is 1.70. The number of aliphatic imine (C=N–C) groups is 1. The molecule has 3 heterocycles. The molecule has 2 amide bonds. The average Bonchev–Trinajstić information content (AvgIpc) is 3.24. The van der Waals surface area contributed by atoms with E-state index in [1.54, 1.807) is 11.1 Å². The Bertz CT molecular complexity index is 1710. The van der Waals surface area contributed by atoms with Gasteiger partial charge >= 0.3 is 6.03 Å². The predicted molar refractivity (Wildman–Crippen MR) is 189 cm³/mol. The molecule has 0 radical (unpaired) electrons. The maximum atomic E-state index is 15.0.